The summed E-state index contributed by atoms with van der Waals surface area (Å²) in [5.74, 6) is -0.0807. The van der Waals surface area contributed by atoms with E-state index < -0.39 is 5.97 Å². The van der Waals surface area contributed by atoms with Crippen molar-refractivity contribution in [2.75, 3.05) is 0 Å². The lowest BCUT2D eigenvalue weighted by Gasteiger charge is -2.00. The van der Waals surface area contributed by atoms with E-state index in [0.717, 1.165) is 19.3 Å². The fourth-order valence-corrected chi connectivity index (χ4v) is 1.53. The van der Waals surface area contributed by atoms with Crippen molar-refractivity contribution in [3.8, 4) is 0 Å². The van der Waals surface area contributed by atoms with E-state index >= 15 is 0 Å². The first-order valence-electron chi connectivity index (χ1n) is 5.76. The molecule has 4 heteroatoms. The summed E-state index contributed by atoms with van der Waals surface area (Å²) in [6, 6.07) is 0. The van der Waals surface area contributed by atoms with Crippen LogP contribution in [0.2, 0.25) is 0 Å². The summed E-state index contributed by atoms with van der Waals surface area (Å²) < 4.78 is 5.27. The summed E-state index contributed by atoms with van der Waals surface area (Å²) in [7, 11) is 0. The molecule has 0 saturated heterocycles. The van der Waals surface area contributed by atoms with Crippen LogP contribution in [-0.2, 0) is 12.8 Å². The second-order valence-electron chi connectivity index (χ2n) is 4.39. The van der Waals surface area contributed by atoms with Crippen LogP contribution < -0.4 is 0 Å². The summed E-state index contributed by atoms with van der Waals surface area (Å²) >= 11 is 0. The van der Waals surface area contributed by atoms with Crippen LogP contribution in [0.5, 0.6) is 0 Å². The van der Waals surface area contributed by atoms with Gasteiger partial charge in [-0.05, 0) is 18.8 Å². The zero-order chi connectivity index (χ0) is 12.1. The average molecular weight is 225 g/mol. The molecule has 0 spiro atoms. The van der Waals surface area contributed by atoms with Gasteiger partial charge in [-0.15, -0.1) is 0 Å². The molecule has 1 N–H and O–H groups in total. The summed E-state index contributed by atoms with van der Waals surface area (Å²) in [4.78, 5) is 15.2. The van der Waals surface area contributed by atoms with E-state index in [2.05, 4.69) is 11.9 Å². The molecule has 0 aliphatic carbocycles. The number of carboxylic acids is 1. The highest BCUT2D eigenvalue weighted by Gasteiger charge is 2.19. The number of aromatic nitrogens is 1. The Morgan fingerprint density at radius 2 is 2.19 bits per heavy atom. The molecule has 0 aliphatic rings. The van der Waals surface area contributed by atoms with Crippen molar-refractivity contribution < 1.29 is 14.3 Å². The molecule has 0 aliphatic heterocycles. The first-order valence-corrected chi connectivity index (χ1v) is 5.76. The number of aryl methyl sites for hydroxylation is 1. The Hall–Kier alpha value is -1.32. The largest absolute Gasteiger partial charge is 0.475 e. The monoisotopic (exact) mass is 225 g/mol. The molecule has 0 bridgehead atoms. The summed E-state index contributed by atoms with van der Waals surface area (Å²) in [5.41, 5.74) is 0.577. The predicted octanol–water partition coefficient (Wildman–Crippen LogP) is 2.91. The second kappa shape index (κ2) is 5.68. The van der Waals surface area contributed by atoms with E-state index in [1.165, 1.54) is 0 Å². The number of oxazole rings is 1. The lowest BCUT2D eigenvalue weighted by molar-refractivity contribution is 0.0658. The van der Waals surface area contributed by atoms with Crippen molar-refractivity contribution >= 4 is 5.97 Å². The predicted molar refractivity (Wildman–Crippen MR) is 60.6 cm³/mol. The third-order valence-corrected chi connectivity index (χ3v) is 2.28. The van der Waals surface area contributed by atoms with Crippen LogP contribution in [0.15, 0.2) is 4.42 Å². The van der Waals surface area contributed by atoms with Crippen molar-refractivity contribution in [1.82, 2.24) is 4.98 Å². The molecular formula is C12H19NO3. The Labute approximate surface area is 95.7 Å². The molecule has 90 valence electrons. The van der Waals surface area contributed by atoms with E-state index in [-0.39, 0.29) is 5.76 Å². The van der Waals surface area contributed by atoms with Gasteiger partial charge in [-0.2, -0.15) is 0 Å². The molecule has 4 nitrogen and oxygen atoms in total. The van der Waals surface area contributed by atoms with Gasteiger partial charge in [-0.3, -0.25) is 0 Å². The van der Waals surface area contributed by atoms with Gasteiger partial charge in [0, 0.05) is 6.42 Å². The molecule has 0 atom stereocenters. The summed E-state index contributed by atoms with van der Waals surface area (Å²) in [5, 5.41) is 8.98. The number of aromatic carboxylic acids is 1. The summed E-state index contributed by atoms with van der Waals surface area (Å²) in [6.45, 7) is 6.15. The van der Waals surface area contributed by atoms with Gasteiger partial charge >= 0.3 is 5.97 Å². The standard InChI is InChI=1S/C12H19NO3/c1-4-5-6-10-13-9(7-8(2)3)11(16-10)12(14)15/h8H,4-7H2,1-3H3,(H,14,15). The number of hydrogen-bond donors (Lipinski definition) is 1. The molecule has 1 aromatic rings. The van der Waals surface area contributed by atoms with Gasteiger partial charge in [0.1, 0.15) is 0 Å². The fraction of sp³-hybridized carbons (Fsp3) is 0.667. The second-order valence-corrected chi connectivity index (χ2v) is 4.39. The van der Waals surface area contributed by atoms with E-state index in [0.29, 0.717) is 23.9 Å². The van der Waals surface area contributed by atoms with Crippen LogP contribution in [0.4, 0.5) is 0 Å². The van der Waals surface area contributed by atoms with Gasteiger partial charge in [0.25, 0.3) is 0 Å². The molecule has 0 aromatic carbocycles. The zero-order valence-corrected chi connectivity index (χ0v) is 10.1. The maximum atomic E-state index is 11.0. The highest BCUT2D eigenvalue weighted by Crippen LogP contribution is 2.16. The van der Waals surface area contributed by atoms with E-state index in [9.17, 15) is 4.79 Å². The first kappa shape index (κ1) is 12.7. The molecule has 0 radical (unpaired) electrons. The quantitative estimate of drug-likeness (QED) is 0.808. The molecule has 1 aromatic heterocycles. The topological polar surface area (TPSA) is 63.3 Å². The Kier molecular flexibility index (Phi) is 4.52. The van der Waals surface area contributed by atoms with Crippen molar-refractivity contribution in [3.05, 3.63) is 17.3 Å². The highest BCUT2D eigenvalue weighted by molar-refractivity contribution is 5.85. The lowest BCUT2D eigenvalue weighted by atomic mass is 10.1. The Morgan fingerprint density at radius 1 is 1.50 bits per heavy atom. The molecule has 1 heterocycles. The number of rotatable bonds is 6. The smallest absolute Gasteiger partial charge is 0.373 e. The lowest BCUT2D eigenvalue weighted by Crippen LogP contribution is -2.03. The Morgan fingerprint density at radius 3 is 2.69 bits per heavy atom. The minimum atomic E-state index is -1.02. The average Bonchev–Trinajstić information content (AvgIpc) is 2.57. The highest BCUT2D eigenvalue weighted by atomic mass is 16.4. The van der Waals surface area contributed by atoms with Crippen molar-refractivity contribution in [2.45, 2.75) is 46.5 Å². The Balaban J connectivity index is 2.86. The number of unbranched alkanes of at least 4 members (excludes halogenated alkanes) is 1. The van der Waals surface area contributed by atoms with Crippen LogP contribution in [-0.4, -0.2) is 16.1 Å². The normalized spacial score (nSPS) is 11.0. The van der Waals surface area contributed by atoms with Gasteiger partial charge in [0.15, 0.2) is 5.89 Å². The van der Waals surface area contributed by atoms with Crippen LogP contribution in [0.25, 0.3) is 0 Å². The van der Waals surface area contributed by atoms with Gasteiger partial charge in [-0.1, -0.05) is 27.2 Å². The number of carbonyl (C=O) groups is 1. The fourth-order valence-electron chi connectivity index (χ4n) is 1.53. The number of nitrogens with zero attached hydrogens (tertiary/aromatic N) is 1. The molecule has 0 saturated carbocycles. The molecule has 1 rings (SSSR count). The molecule has 0 fully saturated rings. The number of hydrogen-bond acceptors (Lipinski definition) is 3. The van der Waals surface area contributed by atoms with Gasteiger partial charge < -0.3 is 9.52 Å². The minimum Gasteiger partial charge on any atom is -0.475 e. The van der Waals surface area contributed by atoms with Gasteiger partial charge in [-0.25, -0.2) is 9.78 Å². The molecule has 0 amide bonds. The van der Waals surface area contributed by atoms with E-state index in [4.69, 9.17) is 9.52 Å². The molecule has 16 heavy (non-hydrogen) atoms. The van der Waals surface area contributed by atoms with Crippen LogP contribution >= 0.6 is 0 Å². The van der Waals surface area contributed by atoms with Gasteiger partial charge in [0.05, 0.1) is 5.69 Å². The molecule has 0 unspecified atom stereocenters. The van der Waals surface area contributed by atoms with E-state index in [1.807, 2.05) is 13.8 Å². The zero-order valence-electron chi connectivity index (χ0n) is 10.1. The number of carboxylic acid groups (broad SMARTS) is 1. The minimum absolute atomic E-state index is 0.0137. The SMILES string of the molecule is CCCCc1nc(CC(C)C)c(C(=O)O)o1. The van der Waals surface area contributed by atoms with E-state index in [1.54, 1.807) is 0 Å². The maximum Gasteiger partial charge on any atom is 0.373 e. The summed E-state index contributed by atoms with van der Waals surface area (Å²) in [6.07, 6.45) is 3.39. The van der Waals surface area contributed by atoms with Crippen molar-refractivity contribution in [3.63, 3.8) is 0 Å². The molecular weight excluding hydrogens is 206 g/mol. The Bertz CT molecular complexity index is 355. The third-order valence-electron chi connectivity index (χ3n) is 2.28. The first-order chi connectivity index (χ1) is 7.54. The van der Waals surface area contributed by atoms with Crippen molar-refractivity contribution in [1.29, 1.82) is 0 Å². The van der Waals surface area contributed by atoms with Crippen LogP contribution in [0.3, 0.4) is 0 Å². The van der Waals surface area contributed by atoms with Crippen molar-refractivity contribution in [2.24, 2.45) is 5.92 Å². The van der Waals surface area contributed by atoms with Gasteiger partial charge in [0.2, 0.25) is 5.76 Å². The van der Waals surface area contributed by atoms with Crippen LogP contribution in [0, 0.1) is 5.92 Å². The third kappa shape index (κ3) is 3.36. The maximum absolute atomic E-state index is 11.0. The van der Waals surface area contributed by atoms with Crippen LogP contribution in [0.1, 0.15) is 55.8 Å².